The first-order valence-corrected chi connectivity index (χ1v) is 9.74. The fourth-order valence-corrected chi connectivity index (χ4v) is 4.47. The van der Waals surface area contributed by atoms with Crippen LogP contribution in [0, 0.1) is 5.41 Å². The zero-order valence-electron chi connectivity index (χ0n) is 15.2. The van der Waals surface area contributed by atoms with E-state index in [-0.39, 0.29) is 5.95 Å². The quantitative estimate of drug-likeness (QED) is 0.220. The summed E-state index contributed by atoms with van der Waals surface area (Å²) in [6, 6.07) is 16.0. The maximum absolute atomic E-state index is 7.79. The third-order valence-corrected chi connectivity index (χ3v) is 5.90. The van der Waals surface area contributed by atoms with E-state index in [1.165, 1.54) is 16.3 Å². The first-order valence-electron chi connectivity index (χ1n) is 8.93. The fourth-order valence-electron chi connectivity index (χ4n) is 3.38. The lowest BCUT2D eigenvalue weighted by molar-refractivity contribution is 1.21. The Morgan fingerprint density at radius 3 is 2.76 bits per heavy atom. The molecule has 0 unspecified atom stereocenters. The summed E-state index contributed by atoms with van der Waals surface area (Å²) in [6.07, 6.45) is 3.05. The summed E-state index contributed by atoms with van der Waals surface area (Å²) in [6.45, 7) is 0. The number of nitrogens with two attached hydrogens (primary N) is 2. The highest BCUT2D eigenvalue weighted by Gasteiger charge is 2.14. The highest BCUT2D eigenvalue weighted by atomic mass is 32.1. The minimum atomic E-state index is 0.176. The molecule has 7 nitrogen and oxygen atoms in total. The summed E-state index contributed by atoms with van der Waals surface area (Å²) in [5.41, 5.74) is 15.7. The zero-order valence-corrected chi connectivity index (χ0v) is 16.0. The number of hydrogen-bond acceptors (Lipinski definition) is 7. The molecule has 0 aliphatic rings. The number of nitrogens with one attached hydrogen (secondary N) is 3. The SMILES string of the molecule is N=Cc1cc(Nc2nc(N)nc3[nH]ccc23)cc(-c2cc3ccccc3s2)c1N. The number of benzene rings is 2. The van der Waals surface area contributed by atoms with Crippen molar-refractivity contribution in [1.82, 2.24) is 15.0 Å². The summed E-state index contributed by atoms with van der Waals surface area (Å²) in [5, 5.41) is 13.1. The Bertz CT molecular complexity index is 1350. The van der Waals surface area contributed by atoms with Gasteiger partial charge in [-0.25, -0.2) is 0 Å². The molecule has 0 bridgehead atoms. The lowest BCUT2D eigenvalue weighted by Crippen LogP contribution is -2.03. The van der Waals surface area contributed by atoms with Crippen LogP contribution in [-0.4, -0.2) is 21.2 Å². The molecule has 5 aromatic rings. The van der Waals surface area contributed by atoms with Gasteiger partial charge in [-0.15, -0.1) is 11.3 Å². The molecule has 142 valence electrons. The van der Waals surface area contributed by atoms with E-state index in [1.54, 1.807) is 17.5 Å². The van der Waals surface area contributed by atoms with Gasteiger partial charge in [-0.1, -0.05) is 18.2 Å². The summed E-state index contributed by atoms with van der Waals surface area (Å²) >= 11 is 1.67. The first-order chi connectivity index (χ1) is 14.1. The Labute approximate surface area is 169 Å². The summed E-state index contributed by atoms with van der Waals surface area (Å²) in [5.74, 6) is 0.770. The second-order valence-electron chi connectivity index (χ2n) is 6.61. The molecule has 0 aliphatic heterocycles. The van der Waals surface area contributed by atoms with Gasteiger partial charge in [0.2, 0.25) is 5.95 Å². The van der Waals surface area contributed by atoms with Crippen molar-refractivity contribution in [3.8, 4) is 10.4 Å². The van der Waals surface area contributed by atoms with Crippen LogP contribution in [0.25, 0.3) is 31.6 Å². The van der Waals surface area contributed by atoms with Crippen molar-refractivity contribution in [2.45, 2.75) is 0 Å². The average Bonchev–Trinajstić information content (AvgIpc) is 3.35. The molecule has 0 fully saturated rings. The van der Waals surface area contributed by atoms with Gasteiger partial charge in [0.1, 0.15) is 11.5 Å². The fraction of sp³-hybridized carbons (Fsp3) is 0. The standard InChI is InChI=1S/C21H17N7S/c22-10-12-7-13(26-20-14-5-6-25-19(14)27-21(24)28-20)9-15(18(12)23)17-8-11-3-1-2-4-16(11)29-17/h1-10,22H,23H2,(H4,24,25,26,27,28). The number of nitrogen functional groups attached to an aromatic ring is 2. The molecular weight excluding hydrogens is 382 g/mol. The molecule has 0 saturated carbocycles. The summed E-state index contributed by atoms with van der Waals surface area (Å²) in [4.78, 5) is 12.6. The molecule has 0 radical (unpaired) electrons. The number of fused-ring (bicyclic) bond motifs is 2. The smallest absolute Gasteiger partial charge is 0.224 e. The molecule has 0 atom stereocenters. The molecule has 0 amide bonds. The van der Waals surface area contributed by atoms with Crippen LogP contribution in [0.3, 0.4) is 0 Å². The normalized spacial score (nSPS) is 11.2. The van der Waals surface area contributed by atoms with Gasteiger partial charge in [0, 0.05) is 44.5 Å². The molecule has 5 rings (SSSR count). The van der Waals surface area contributed by atoms with E-state index < -0.39 is 0 Å². The van der Waals surface area contributed by atoms with Crippen molar-refractivity contribution in [2.75, 3.05) is 16.8 Å². The second kappa shape index (κ2) is 6.61. The van der Waals surface area contributed by atoms with Gasteiger partial charge in [0.25, 0.3) is 0 Å². The lowest BCUT2D eigenvalue weighted by Gasteiger charge is -2.13. The van der Waals surface area contributed by atoms with Gasteiger partial charge in [-0.3, -0.25) is 0 Å². The predicted molar refractivity (Wildman–Crippen MR) is 121 cm³/mol. The first kappa shape index (κ1) is 17.2. The summed E-state index contributed by atoms with van der Waals surface area (Å²) < 4.78 is 1.19. The molecule has 0 saturated heterocycles. The van der Waals surface area contributed by atoms with E-state index >= 15 is 0 Å². The molecule has 2 aromatic carbocycles. The average molecular weight is 399 g/mol. The minimum Gasteiger partial charge on any atom is -0.398 e. The highest BCUT2D eigenvalue weighted by Crippen LogP contribution is 2.39. The maximum atomic E-state index is 7.79. The molecule has 3 heterocycles. The van der Waals surface area contributed by atoms with Crippen LogP contribution >= 0.6 is 11.3 Å². The van der Waals surface area contributed by atoms with Gasteiger partial charge >= 0.3 is 0 Å². The zero-order chi connectivity index (χ0) is 20.0. The molecule has 8 heteroatoms. The van der Waals surface area contributed by atoms with Crippen LogP contribution in [-0.2, 0) is 0 Å². The number of hydrogen-bond donors (Lipinski definition) is 5. The predicted octanol–water partition coefficient (Wildman–Crippen LogP) is 4.75. The van der Waals surface area contributed by atoms with Crippen molar-refractivity contribution >= 4 is 61.8 Å². The number of aromatic amines is 1. The van der Waals surface area contributed by atoms with E-state index in [0.29, 0.717) is 22.7 Å². The van der Waals surface area contributed by atoms with Gasteiger partial charge in [0.05, 0.1) is 5.39 Å². The van der Waals surface area contributed by atoms with E-state index in [0.717, 1.165) is 21.5 Å². The van der Waals surface area contributed by atoms with E-state index in [1.807, 2.05) is 30.3 Å². The number of aromatic nitrogens is 3. The third kappa shape index (κ3) is 2.95. The van der Waals surface area contributed by atoms with Crippen molar-refractivity contribution in [3.05, 3.63) is 60.3 Å². The Hall–Kier alpha value is -3.91. The number of H-pyrrole nitrogens is 1. The van der Waals surface area contributed by atoms with Crippen molar-refractivity contribution < 1.29 is 0 Å². The molecule has 29 heavy (non-hydrogen) atoms. The van der Waals surface area contributed by atoms with Crippen LogP contribution < -0.4 is 16.8 Å². The van der Waals surface area contributed by atoms with Gasteiger partial charge in [0.15, 0.2) is 0 Å². The van der Waals surface area contributed by atoms with Crippen molar-refractivity contribution in [3.63, 3.8) is 0 Å². The van der Waals surface area contributed by atoms with E-state index in [4.69, 9.17) is 16.9 Å². The number of nitrogens with zero attached hydrogens (tertiary/aromatic N) is 2. The van der Waals surface area contributed by atoms with Gasteiger partial charge in [-0.2, -0.15) is 9.97 Å². The Morgan fingerprint density at radius 2 is 1.93 bits per heavy atom. The largest absolute Gasteiger partial charge is 0.398 e. The van der Waals surface area contributed by atoms with E-state index in [2.05, 4.69) is 38.5 Å². The van der Waals surface area contributed by atoms with Crippen LogP contribution in [0.4, 0.5) is 23.1 Å². The second-order valence-corrected chi connectivity index (χ2v) is 7.70. The molecule has 3 aromatic heterocycles. The number of thiophene rings is 1. The number of anilines is 4. The molecule has 0 aliphatic carbocycles. The topological polar surface area (TPSA) is 129 Å². The third-order valence-electron chi connectivity index (χ3n) is 4.75. The van der Waals surface area contributed by atoms with Gasteiger partial charge in [-0.05, 0) is 35.7 Å². The van der Waals surface area contributed by atoms with Crippen LogP contribution in [0.1, 0.15) is 5.56 Å². The maximum Gasteiger partial charge on any atom is 0.224 e. The number of rotatable bonds is 4. The monoisotopic (exact) mass is 399 g/mol. The molecule has 7 N–H and O–H groups in total. The van der Waals surface area contributed by atoms with Crippen LogP contribution in [0.5, 0.6) is 0 Å². The molecule has 0 spiro atoms. The minimum absolute atomic E-state index is 0.176. The van der Waals surface area contributed by atoms with Crippen LogP contribution in [0.2, 0.25) is 0 Å². The lowest BCUT2D eigenvalue weighted by atomic mass is 10.0. The van der Waals surface area contributed by atoms with E-state index in [9.17, 15) is 0 Å². The van der Waals surface area contributed by atoms with Crippen molar-refractivity contribution in [1.29, 1.82) is 5.41 Å². The Kier molecular flexibility index (Phi) is 3.92. The van der Waals surface area contributed by atoms with Gasteiger partial charge < -0.3 is 27.2 Å². The Balaban J connectivity index is 1.65. The highest BCUT2D eigenvalue weighted by molar-refractivity contribution is 7.22. The summed E-state index contributed by atoms with van der Waals surface area (Å²) in [7, 11) is 0. The Morgan fingerprint density at radius 1 is 1.07 bits per heavy atom. The van der Waals surface area contributed by atoms with Crippen LogP contribution in [0.15, 0.2) is 54.7 Å². The van der Waals surface area contributed by atoms with Crippen molar-refractivity contribution in [2.24, 2.45) is 0 Å². The molecular formula is C21H17N7S.